The molecule has 3 atom stereocenters. The van der Waals surface area contributed by atoms with Gasteiger partial charge in [-0.15, -0.1) is 0 Å². The van der Waals surface area contributed by atoms with Crippen molar-refractivity contribution in [3.8, 4) is 0 Å². The molecule has 0 spiro atoms. The number of rotatable bonds is 4. The molecule has 0 aromatic carbocycles. The van der Waals surface area contributed by atoms with Gasteiger partial charge in [0.15, 0.2) is 0 Å². The highest BCUT2D eigenvalue weighted by Gasteiger charge is 2.21. The lowest BCUT2D eigenvalue weighted by molar-refractivity contribution is 0.0719. The molecule has 3 nitrogen and oxygen atoms in total. The molecule has 2 aliphatic heterocycles. The zero-order valence-corrected chi connectivity index (χ0v) is 14.6. The van der Waals surface area contributed by atoms with Crippen LogP contribution < -0.4 is 0 Å². The van der Waals surface area contributed by atoms with Crippen molar-refractivity contribution in [3.05, 3.63) is 0 Å². The second kappa shape index (κ2) is 8.89. The molecule has 1 N–H and O–H groups in total. The van der Waals surface area contributed by atoms with Crippen molar-refractivity contribution in [3.63, 3.8) is 0 Å². The summed E-state index contributed by atoms with van der Waals surface area (Å²) >= 11 is 4.11. The number of β-amino-alcohol motifs (C(OH)–C–C–N with tert-alkyl or cyclic N) is 1. The second-order valence-electron chi connectivity index (χ2n) is 6.53. The highest BCUT2D eigenvalue weighted by Crippen LogP contribution is 2.17. The smallest absolute Gasteiger partial charge is 0.0793 e. The average molecular weight is 319 g/mol. The van der Waals surface area contributed by atoms with Crippen molar-refractivity contribution < 1.29 is 5.11 Å². The molecular formula is C15H30N2OS2. The van der Waals surface area contributed by atoms with Gasteiger partial charge in [0, 0.05) is 50.8 Å². The average Bonchev–Trinajstić information content (AvgIpc) is 2.69. The Kier molecular flexibility index (Phi) is 7.53. The molecule has 0 radical (unpaired) electrons. The van der Waals surface area contributed by atoms with Gasteiger partial charge in [-0.3, -0.25) is 9.80 Å². The molecule has 2 fully saturated rings. The van der Waals surface area contributed by atoms with Crippen molar-refractivity contribution in [2.75, 3.05) is 62.3 Å². The first kappa shape index (κ1) is 16.9. The van der Waals surface area contributed by atoms with E-state index < -0.39 is 0 Å². The minimum Gasteiger partial charge on any atom is -0.390 e. The lowest BCUT2D eigenvalue weighted by atomic mass is 10.1. The van der Waals surface area contributed by atoms with Gasteiger partial charge in [-0.05, 0) is 23.3 Å². The third-order valence-corrected chi connectivity index (χ3v) is 6.54. The Labute approximate surface area is 132 Å². The normalized spacial score (nSPS) is 32.5. The summed E-state index contributed by atoms with van der Waals surface area (Å²) in [7, 11) is 0. The molecule has 2 rings (SSSR count). The van der Waals surface area contributed by atoms with Crippen molar-refractivity contribution in [2.45, 2.75) is 20.0 Å². The minimum absolute atomic E-state index is 0.194. The van der Waals surface area contributed by atoms with Gasteiger partial charge in [0.2, 0.25) is 0 Å². The van der Waals surface area contributed by atoms with E-state index in [1.165, 1.54) is 23.0 Å². The monoisotopic (exact) mass is 318 g/mol. The summed E-state index contributed by atoms with van der Waals surface area (Å²) in [5.74, 6) is 6.48. The minimum atomic E-state index is -0.194. The Morgan fingerprint density at radius 3 is 1.85 bits per heavy atom. The van der Waals surface area contributed by atoms with E-state index >= 15 is 0 Å². The Morgan fingerprint density at radius 1 is 0.950 bits per heavy atom. The van der Waals surface area contributed by atoms with Crippen LogP contribution in [0.1, 0.15) is 13.8 Å². The molecule has 0 saturated carbocycles. The van der Waals surface area contributed by atoms with Gasteiger partial charge in [-0.25, -0.2) is 0 Å². The molecule has 0 amide bonds. The van der Waals surface area contributed by atoms with Gasteiger partial charge in [0.05, 0.1) is 6.10 Å². The molecule has 20 heavy (non-hydrogen) atoms. The van der Waals surface area contributed by atoms with Crippen molar-refractivity contribution in [1.29, 1.82) is 0 Å². The van der Waals surface area contributed by atoms with Crippen molar-refractivity contribution >= 4 is 23.5 Å². The number of hydrogen-bond donors (Lipinski definition) is 1. The summed E-state index contributed by atoms with van der Waals surface area (Å²) in [6.07, 6.45) is -0.194. The van der Waals surface area contributed by atoms with Gasteiger partial charge in [0.1, 0.15) is 0 Å². The highest BCUT2D eigenvalue weighted by atomic mass is 32.2. The fraction of sp³-hybridized carbons (Fsp3) is 1.00. The zero-order chi connectivity index (χ0) is 14.4. The number of hydrogen-bond acceptors (Lipinski definition) is 5. The van der Waals surface area contributed by atoms with Crippen LogP contribution in [0.4, 0.5) is 0 Å². The van der Waals surface area contributed by atoms with Crippen molar-refractivity contribution in [1.82, 2.24) is 9.80 Å². The Balaban J connectivity index is 1.74. The van der Waals surface area contributed by atoms with E-state index in [0.717, 1.165) is 51.1 Å². The predicted octanol–water partition coefficient (Wildman–Crippen LogP) is 1.72. The summed E-state index contributed by atoms with van der Waals surface area (Å²) in [6.45, 7) is 10.9. The van der Waals surface area contributed by atoms with Gasteiger partial charge in [-0.1, -0.05) is 13.8 Å². The fourth-order valence-corrected chi connectivity index (χ4v) is 5.23. The maximum absolute atomic E-state index is 10.4. The van der Waals surface area contributed by atoms with E-state index in [0.29, 0.717) is 0 Å². The Hall–Kier alpha value is 0.580. The van der Waals surface area contributed by atoms with Crippen LogP contribution >= 0.6 is 23.5 Å². The van der Waals surface area contributed by atoms with E-state index in [4.69, 9.17) is 0 Å². The molecule has 0 aromatic heterocycles. The molecule has 0 aliphatic carbocycles. The largest absolute Gasteiger partial charge is 0.390 e. The van der Waals surface area contributed by atoms with Crippen LogP contribution in [0.2, 0.25) is 0 Å². The maximum atomic E-state index is 10.4. The number of nitrogens with zero attached hydrogens (tertiary/aromatic N) is 2. The van der Waals surface area contributed by atoms with E-state index in [-0.39, 0.29) is 6.10 Å². The topological polar surface area (TPSA) is 26.7 Å². The predicted molar refractivity (Wildman–Crippen MR) is 91.9 cm³/mol. The maximum Gasteiger partial charge on any atom is 0.0793 e. The SMILES string of the molecule is C[C@@H]1CSCCN(CC(O)CN2CCSC[C@H](C)C2)C1. The Morgan fingerprint density at radius 2 is 1.40 bits per heavy atom. The first-order chi connectivity index (χ1) is 9.63. The van der Waals surface area contributed by atoms with Crippen LogP contribution in [0.5, 0.6) is 0 Å². The standard InChI is InChI=1S/C15H30N2OS2/c1-13-7-16(3-5-19-11-13)9-15(18)10-17-4-6-20-12-14(2)8-17/h13-15,18H,3-12H2,1-2H3/t13-,14+,15?. The summed E-state index contributed by atoms with van der Waals surface area (Å²) in [4.78, 5) is 4.93. The zero-order valence-electron chi connectivity index (χ0n) is 13.0. The molecule has 2 heterocycles. The molecule has 0 bridgehead atoms. The van der Waals surface area contributed by atoms with Crippen LogP contribution in [0.15, 0.2) is 0 Å². The van der Waals surface area contributed by atoms with Crippen LogP contribution in [0, 0.1) is 11.8 Å². The van der Waals surface area contributed by atoms with Gasteiger partial charge in [0.25, 0.3) is 0 Å². The molecule has 5 heteroatoms. The second-order valence-corrected chi connectivity index (χ2v) is 8.83. The summed E-state index contributed by atoms with van der Waals surface area (Å²) in [5, 5.41) is 10.4. The first-order valence-electron chi connectivity index (χ1n) is 7.91. The number of aliphatic hydroxyl groups is 1. The fourth-order valence-electron chi connectivity index (χ4n) is 3.11. The molecule has 0 aromatic rings. The van der Waals surface area contributed by atoms with Crippen LogP contribution in [-0.2, 0) is 0 Å². The van der Waals surface area contributed by atoms with Crippen LogP contribution in [-0.4, -0.2) is 83.3 Å². The van der Waals surface area contributed by atoms with E-state index in [1.807, 2.05) is 0 Å². The third-order valence-electron chi connectivity index (χ3n) is 3.99. The molecule has 118 valence electrons. The van der Waals surface area contributed by atoms with E-state index in [2.05, 4.69) is 47.2 Å². The van der Waals surface area contributed by atoms with Gasteiger partial charge >= 0.3 is 0 Å². The molecule has 2 aliphatic rings. The van der Waals surface area contributed by atoms with Crippen LogP contribution in [0.25, 0.3) is 0 Å². The summed E-state index contributed by atoms with van der Waals surface area (Å²) < 4.78 is 0. The van der Waals surface area contributed by atoms with E-state index in [1.54, 1.807) is 0 Å². The number of aliphatic hydroxyl groups excluding tert-OH is 1. The van der Waals surface area contributed by atoms with E-state index in [9.17, 15) is 5.11 Å². The highest BCUT2D eigenvalue weighted by molar-refractivity contribution is 7.99. The quantitative estimate of drug-likeness (QED) is 0.852. The van der Waals surface area contributed by atoms with Gasteiger partial charge in [-0.2, -0.15) is 23.5 Å². The lowest BCUT2D eigenvalue weighted by Crippen LogP contribution is -2.43. The lowest BCUT2D eigenvalue weighted by Gasteiger charge is -2.29. The molecular weight excluding hydrogens is 288 g/mol. The number of thioether (sulfide) groups is 2. The molecule has 1 unspecified atom stereocenters. The van der Waals surface area contributed by atoms with Crippen LogP contribution in [0.3, 0.4) is 0 Å². The Bertz CT molecular complexity index is 255. The molecule has 2 saturated heterocycles. The first-order valence-corrected chi connectivity index (χ1v) is 10.2. The summed E-state index contributed by atoms with van der Waals surface area (Å²) in [6, 6.07) is 0. The van der Waals surface area contributed by atoms with Gasteiger partial charge < -0.3 is 5.11 Å². The van der Waals surface area contributed by atoms with Crippen molar-refractivity contribution in [2.24, 2.45) is 11.8 Å². The third kappa shape index (κ3) is 6.14. The summed E-state index contributed by atoms with van der Waals surface area (Å²) in [5.41, 5.74) is 0.